The van der Waals surface area contributed by atoms with Crippen LogP contribution in [0.2, 0.25) is 0 Å². The van der Waals surface area contributed by atoms with Gasteiger partial charge in [0.25, 0.3) is 0 Å². The van der Waals surface area contributed by atoms with Crippen molar-refractivity contribution in [2.24, 2.45) is 0 Å². The molecule has 3 aromatic rings. The highest BCUT2D eigenvalue weighted by Gasteiger charge is 2.31. The second kappa shape index (κ2) is 5.50. The lowest BCUT2D eigenvalue weighted by Gasteiger charge is -2.44. The summed E-state index contributed by atoms with van der Waals surface area (Å²) in [7, 11) is 2.14. The molecule has 0 N–H and O–H groups in total. The van der Waals surface area contributed by atoms with Gasteiger partial charge in [-0.2, -0.15) is 4.52 Å². The van der Waals surface area contributed by atoms with Crippen LogP contribution in [0.15, 0.2) is 12.1 Å². The molecule has 23 heavy (non-hydrogen) atoms. The minimum absolute atomic E-state index is 0.513. The van der Waals surface area contributed by atoms with Gasteiger partial charge in [-0.25, -0.2) is 0 Å². The largest absolute Gasteiger partial charge is 0.352 e. The van der Waals surface area contributed by atoms with Crippen molar-refractivity contribution in [2.75, 3.05) is 25.0 Å². The van der Waals surface area contributed by atoms with Crippen LogP contribution in [0.5, 0.6) is 0 Å². The van der Waals surface area contributed by atoms with Gasteiger partial charge in [0.05, 0.1) is 6.54 Å². The zero-order chi connectivity index (χ0) is 16.0. The van der Waals surface area contributed by atoms with Gasteiger partial charge < -0.3 is 4.90 Å². The minimum atomic E-state index is 0.513. The quantitative estimate of drug-likeness (QED) is 0.704. The summed E-state index contributed by atoms with van der Waals surface area (Å²) in [4.78, 5) is 4.60. The topological polar surface area (TPSA) is 75.3 Å². The molecule has 3 aromatic heterocycles. The van der Waals surface area contributed by atoms with Gasteiger partial charge in [0, 0.05) is 19.1 Å². The molecule has 8 nitrogen and oxygen atoms in total. The Hall–Kier alpha value is -2.13. The van der Waals surface area contributed by atoms with Gasteiger partial charge in [0.2, 0.25) is 0 Å². The number of nitrogens with zero attached hydrogens (tertiary/aromatic N) is 8. The molecule has 9 heteroatoms. The number of hydrogen-bond acceptors (Lipinski definition) is 8. The Kier molecular flexibility index (Phi) is 3.46. The molecule has 4 heterocycles. The summed E-state index contributed by atoms with van der Waals surface area (Å²) in [5.41, 5.74) is 0.784. The second-order valence-corrected chi connectivity index (χ2v) is 7.16. The molecule has 4 rings (SSSR count). The van der Waals surface area contributed by atoms with Crippen LogP contribution in [0.3, 0.4) is 0 Å². The summed E-state index contributed by atoms with van der Waals surface area (Å²) in [5.74, 6) is 1.78. The van der Waals surface area contributed by atoms with Gasteiger partial charge >= 0.3 is 0 Å². The third kappa shape index (κ3) is 2.66. The zero-order valence-electron chi connectivity index (χ0n) is 13.3. The van der Waals surface area contributed by atoms with Crippen molar-refractivity contribution in [3.8, 4) is 0 Å². The Morgan fingerprint density at radius 1 is 1.17 bits per heavy atom. The maximum atomic E-state index is 4.62. The van der Waals surface area contributed by atoms with Crippen LogP contribution in [0, 0.1) is 13.8 Å². The van der Waals surface area contributed by atoms with E-state index in [1.54, 1.807) is 15.9 Å². The monoisotopic (exact) mass is 330 g/mol. The summed E-state index contributed by atoms with van der Waals surface area (Å²) >= 11 is 1.66. The van der Waals surface area contributed by atoms with E-state index in [-0.39, 0.29) is 0 Å². The average molecular weight is 330 g/mol. The molecule has 0 atom stereocenters. The van der Waals surface area contributed by atoms with Crippen LogP contribution >= 0.6 is 11.3 Å². The van der Waals surface area contributed by atoms with Crippen LogP contribution in [0.1, 0.15) is 15.8 Å². The molecular weight excluding hydrogens is 312 g/mol. The van der Waals surface area contributed by atoms with Crippen LogP contribution < -0.4 is 4.90 Å². The van der Waals surface area contributed by atoms with Gasteiger partial charge in [-0.3, -0.25) is 4.90 Å². The standard InChI is InChI=1S/C14H18N8S/c1-9-15-17-12-4-5-13(19-22(9)12)21-6-11(7-21)20(3)8-14-18-16-10(2)23-14/h4-5,11H,6-8H2,1-3H3. The first-order valence-corrected chi connectivity index (χ1v) is 8.35. The maximum absolute atomic E-state index is 4.62. The summed E-state index contributed by atoms with van der Waals surface area (Å²) in [5, 5.41) is 23.1. The first-order chi connectivity index (χ1) is 11.1. The fourth-order valence-corrected chi connectivity index (χ4v) is 3.49. The molecule has 0 radical (unpaired) electrons. The second-order valence-electron chi connectivity index (χ2n) is 5.90. The van der Waals surface area contributed by atoms with Crippen molar-refractivity contribution in [1.29, 1.82) is 0 Å². The average Bonchev–Trinajstić information content (AvgIpc) is 3.04. The summed E-state index contributed by atoms with van der Waals surface area (Å²) in [6.45, 7) is 6.68. The van der Waals surface area contributed by atoms with Crippen molar-refractivity contribution >= 4 is 22.8 Å². The first kappa shape index (κ1) is 14.5. The fourth-order valence-electron chi connectivity index (χ4n) is 2.72. The van der Waals surface area contributed by atoms with E-state index in [0.717, 1.165) is 46.9 Å². The van der Waals surface area contributed by atoms with E-state index < -0.39 is 0 Å². The molecule has 1 aliphatic rings. The molecule has 0 unspecified atom stereocenters. The minimum Gasteiger partial charge on any atom is -0.352 e. The third-order valence-corrected chi connectivity index (χ3v) is 4.99. The predicted molar refractivity (Wildman–Crippen MR) is 87.6 cm³/mol. The molecule has 1 aliphatic heterocycles. The highest BCUT2D eigenvalue weighted by molar-refractivity contribution is 7.11. The molecule has 0 amide bonds. The highest BCUT2D eigenvalue weighted by Crippen LogP contribution is 2.23. The molecule has 0 bridgehead atoms. The van der Waals surface area contributed by atoms with Crippen molar-refractivity contribution in [2.45, 2.75) is 26.4 Å². The van der Waals surface area contributed by atoms with Gasteiger partial charge in [-0.05, 0) is 33.0 Å². The highest BCUT2D eigenvalue weighted by atomic mass is 32.1. The number of rotatable bonds is 4. The van der Waals surface area contributed by atoms with Gasteiger partial charge in [0.15, 0.2) is 11.5 Å². The number of hydrogen-bond donors (Lipinski definition) is 0. The first-order valence-electron chi connectivity index (χ1n) is 7.53. The number of likely N-dealkylation sites (N-methyl/N-ethyl adjacent to an activating group) is 1. The molecular formula is C14H18N8S. The number of anilines is 1. The molecule has 0 aromatic carbocycles. The van der Waals surface area contributed by atoms with Crippen molar-refractivity contribution in [3.63, 3.8) is 0 Å². The Labute approximate surface area is 137 Å². The van der Waals surface area contributed by atoms with E-state index in [9.17, 15) is 0 Å². The van der Waals surface area contributed by atoms with Crippen LogP contribution in [0.4, 0.5) is 5.82 Å². The third-order valence-electron chi connectivity index (χ3n) is 4.17. The molecule has 0 aliphatic carbocycles. The number of fused-ring (bicyclic) bond motifs is 1. The lowest BCUT2D eigenvalue weighted by Crippen LogP contribution is -2.58. The molecule has 1 fully saturated rings. The van der Waals surface area contributed by atoms with Crippen LogP contribution in [0.25, 0.3) is 5.65 Å². The number of aryl methyl sites for hydroxylation is 2. The predicted octanol–water partition coefficient (Wildman–Crippen LogP) is 0.913. The summed E-state index contributed by atoms with van der Waals surface area (Å²) in [6, 6.07) is 4.48. The maximum Gasteiger partial charge on any atom is 0.178 e. The Bertz CT molecular complexity index is 834. The lowest BCUT2D eigenvalue weighted by molar-refractivity contribution is 0.196. The molecule has 0 spiro atoms. The van der Waals surface area contributed by atoms with E-state index >= 15 is 0 Å². The Balaban J connectivity index is 1.40. The van der Waals surface area contributed by atoms with Crippen LogP contribution in [-0.4, -0.2) is 61.1 Å². The van der Waals surface area contributed by atoms with Gasteiger partial charge in [-0.1, -0.05) is 0 Å². The smallest absolute Gasteiger partial charge is 0.178 e. The van der Waals surface area contributed by atoms with Crippen LogP contribution in [-0.2, 0) is 6.54 Å². The van der Waals surface area contributed by atoms with Gasteiger partial charge in [-0.15, -0.1) is 36.8 Å². The molecule has 120 valence electrons. The van der Waals surface area contributed by atoms with Gasteiger partial charge in [0.1, 0.15) is 15.8 Å². The van der Waals surface area contributed by atoms with E-state index in [0.29, 0.717) is 6.04 Å². The summed E-state index contributed by atoms with van der Waals surface area (Å²) < 4.78 is 1.79. The SMILES string of the molecule is Cc1nnc(CN(C)C2CN(c3ccc4nnc(C)n4n3)C2)s1. The van der Waals surface area contributed by atoms with Crippen molar-refractivity contribution < 1.29 is 0 Å². The van der Waals surface area contributed by atoms with E-state index in [1.807, 2.05) is 26.0 Å². The molecule has 1 saturated heterocycles. The Morgan fingerprint density at radius 3 is 2.74 bits per heavy atom. The van der Waals surface area contributed by atoms with Crippen molar-refractivity contribution in [3.05, 3.63) is 28.0 Å². The number of aromatic nitrogens is 6. The summed E-state index contributed by atoms with van der Waals surface area (Å²) in [6.07, 6.45) is 0. The van der Waals surface area contributed by atoms with Crippen molar-refractivity contribution in [1.82, 2.24) is 34.9 Å². The normalized spacial score (nSPS) is 15.6. The zero-order valence-corrected chi connectivity index (χ0v) is 14.2. The van der Waals surface area contributed by atoms with E-state index in [1.165, 1.54) is 0 Å². The fraction of sp³-hybridized carbons (Fsp3) is 0.500. The molecule has 0 saturated carbocycles. The van der Waals surface area contributed by atoms with E-state index in [2.05, 4.69) is 42.3 Å². The van der Waals surface area contributed by atoms with E-state index in [4.69, 9.17) is 0 Å². The Morgan fingerprint density at radius 2 is 2.00 bits per heavy atom. The lowest BCUT2D eigenvalue weighted by atomic mass is 10.1.